The minimum absolute atomic E-state index is 0.00613. The topological polar surface area (TPSA) is 423 Å². The number of amides is 8. The molecule has 0 radical (unpaired) electrons. The Labute approximate surface area is 558 Å². The van der Waals surface area contributed by atoms with E-state index >= 15 is 4.39 Å². The lowest BCUT2D eigenvalue weighted by molar-refractivity contribution is -0.227. The minimum Gasteiger partial charge on any atom is -0.458 e. The molecule has 5 aliphatic rings. The number of aliphatic hydroxyl groups is 5. The summed E-state index contributed by atoms with van der Waals surface area (Å²) in [7, 11) is 0. The van der Waals surface area contributed by atoms with Crippen molar-refractivity contribution >= 4 is 64.3 Å². The van der Waals surface area contributed by atoms with Crippen molar-refractivity contribution in [3.63, 3.8) is 0 Å². The summed E-state index contributed by atoms with van der Waals surface area (Å²) in [6.07, 6.45) is -8.84. The van der Waals surface area contributed by atoms with E-state index in [-0.39, 0.29) is 75.5 Å². The first-order valence-electron chi connectivity index (χ1n) is 31.9. The number of rotatable bonds is 26. The lowest BCUT2D eigenvalue weighted by atomic mass is 9.83. The third-order valence-corrected chi connectivity index (χ3v) is 18.2. The molecular weight excluding hydrogens is 1280 g/mol. The molecule has 516 valence electrons. The van der Waals surface area contributed by atoms with Gasteiger partial charge in [-0.25, -0.2) is 19.0 Å². The van der Waals surface area contributed by atoms with Crippen molar-refractivity contribution in [3.05, 3.63) is 158 Å². The Morgan fingerprint density at radius 1 is 0.735 bits per heavy atom. The van der Waals surface area contributed by atoms with Crippen molar-refractivity contribution in [3.8, 4) is 22.5 Å². The molecule has 0 unspecified atom stereocenters. The zero-order valence-corrected chi connectivity index (χ0v) is 53.0. The van der Waals surface area contributed by atoms with Crippen molar-refractivity contribution in [2.75, 3.05) is 52.7 Å². The number of nitrogens with zero attached hydrogens (tertiary/aromatic N) is 2. The number of hydrogen-bond donors (Lipinski definition) is 13. The number of hydrogen-bond acceptors (Lipinski definition) is 20. The molecule has 13 N–H and O–H groups in total. The molecule has 4 aromatic carbocycles. The molecule has 11 rings (SSSR count). The molecule has 1 fully saturated rings. The molecule has 0 saturated carbocycles. The number of ether oxygens (including phenoxy) is 4. The number of cyclic esters (lactones) is 1. The van der Waals surface area contributed by atoms with E-state index in [2.05, 4.69) is 42.5 Å². The molecule has 29 nitrogen and oxygen atoms in total. The summed E-state index contributed by atoms with van der Waals surface area (Å²) in [5.41, 5.74) is 4.64. The second kappa shape index (κ2) is 30.1. The molecular formula is C68H73FN10O19. The lowest BCUT2D eigenvalue weighted by Crippen LogP contribution is -2.60. The van der Waals surface area contributed by atoms with Crippen LogP contribution in [0.5, 0.6) is 0 Å². The predicted octanol–water partition coefficient (Wildman–Crippen LogP) is -0.865. The van der Waals surface area contributed by atoms with Gasteiger partial charge in [-0.15, -0.1) is 0 Å². The molecule has 0 spiro atoms. The van der Waals surface area contributed by atoms with Crippen LogP contribution >= 0.6 is 0 Å². The van der Waals surface area contributed by atoms with E-state index in [1.807, 2.05) is 48.5 Å². The highest BCUT2D eigenvalue weighted by atomic mass is 19.1. The number of esters is 1. The van der Waals surface area contributed by atoms with Gasteiger partial charge in [-0.3, -0.25) is 38.4 Å². The van der Waals surface area contributed by atoms with Crippen molar-refractivity contribution < 1.29 is 92.0 Å². The molecule has 9 atom stereocenters. The molecule has 30 heteroatoms. The van der Waals surface area contributed by atoms with Crippen LogP contribution in [-0.2, 0) is 88.9 Å². The SMILES string of the molecule is CC[C@@]1(O)C(=O)OCc2c1cc1n(c2=O)Cc2c-1nc1ccc(F)c3c1c2[C@@H](NC(=O)COCNC(=O)CNC(=O)[C@H](Cc1ccccc1)NC(=O)CNC(=O)CNC(=O)[C@H](CCC(=O)NC[C@@H]1O[C@H](CO)[C@@H](O)[C@H](O)[C@H]1O)NC(=O)OCC1c2ccccc2-c2ccccc21)CC3. The number of fused-ring (bicyclic) bond motifs is 8. The highest BCUT2D eigenvalue weighted by molar-refractivity contribution is 5.95. The predicted molar refractivity (Wildman–Crippen MR) is 342 cm³/mol. The number of aryl methyl sites for hydroxylation is 1. The minimum atomic E-state index is -2.07. The van der Waals surface area contributed by atoms with Gasteiger partial charge < -0.3 is 91.6 Å². The van der Waals surface area contributed by atoms with Crippen LogP contribution in [0.3, 0.4) is 0 Å². The maximum atomic E-state index is 15.4. The highest BCUT2D eigenvalue weighted by Gasteiger charge is 2.47. The average molecular weight is 1350 g/mol. The van der Waals surface area contributed by atoms with Gasteiger partial charge in [-0.2, -0.15) is 0 Å². The first-order valence-corrected chi connectivity index (χ1v) is 31.9. The van der Waals surface area contributed by atoms with Gasteiger partial charge in [-0.05, 0) is 82.8 Å². The fourth-order valence-electron chi connectivity index (χ4n) is 13.1. The molecule has 2 aliphatic carbocycles. The number of alkyl carbamates (subject to hydrolysis) is 1. The summed E-state index contributed by atoms with van der Waals surface area (Å²) >= 11 is 0. The van der Waals surface area contributed by atoms with Gasteiger partial charge in [0.25, 0.3) is 5.56 Å². The van der Waals surface area contributed by atoms with E-state index in [9.17, 15) is 73.5 Å². The number of benzene rings is 4. The Morgan fingerprint density at radius 2 is 1.40 bits per heavy atom. The van der Waals surface area contributed by atoms with Gasteiger partial charge in [0.05, 0.1) is 61.3 Å². The van der Waals surface area contributed by atoms with Gasteiger partial charge in [0.2, 0.25) is 41.4 Å². The fourth-order valence-corrected chi connectivity index (χ4v) is 13.1. The molecule has 1 saturated heterocycles. The van der Waals surface area contributed by atoms with E-state index in [0.29, 0.717) is 44.5 Å². The Morgan fingerprint density at radius 3 is 2.10 bits per heavy atom. The fraction of sp³-hybridized carbons (Fsp3) is 0.397. The number of aromatic nitrogens is 2. The second-order valence-corrected chi connectivity index (χ2v) is 24.4. The van der Waals surface area contributed by atoms with Crippen LogP contribution in [0.25, 0.3) is 33.4 Å². The van der Waals surface area contributed by atoms with Crippen LogP contribution in [0, 0.1) is 5.82 Å². The maximum Gasteiger partial charge on any atom is 0.407 e. The first-order chi connectivity index (χ1) is 47.1. The van der Waals surface area contributed by atoms with Crippen LogP contribution in [0.2, 0.25) is 0 Å². The summed E-state index contributed by atoms with van der Waals surface area (Å²) in [5.74, 6) is -7.19. The lowest BCUT2D eigenvalue weighted by Gasteiger charge is -2.40. The average Bonchev–Trinajstić information content (AvgIpc) is 1.53. The molecule has 2 aromatic heterocycles. The van der Waals surface area contributed by atoms with E-state index in [1.165, 1.54) is 16.7 Å². The summed E-state index contributed by atoms with van der Waals surface area (Å²) in [5, 5.41) is 72.3. The monoisotopic (exact) mass is 1350 g/mol. The van der Waals surface area contributed by atoms with Gasteiger partial charge in [0.15, 0.2) is 5.60 Å². The number of halogens is 1. The van der Waals surface area contributed by atoms with Crippen LogP contribution in [-0.4, -0.2) is 184 Å². The largest absolute Gasteiger partial charge is 0.458 e. The number of nitrogens with one attached hydrogen (secondary N) is 8. The van der Waals surface area contributed by atoms with E-state index in [0.717, 1.165) is 22.3 Å². The van der Waals surface area contributed by atoms with E-state index < -0.39 is 165 Å². The zero-order valence-electron chi connectivity index (χ0n) is 53.0. The Hall–Kier alpha value is -10.1. The molecule has 5 heterocycles. The smallest absolute Gasteiger partial charge is 0.407 e. The first kappa shape index (κ1) is 69.3. The van der Waals surface area contributed by atoms with Gasteiger partial charge in [0.1, 0.15) is 75.0 Å². The van der Waals surface area contributed by atoms with Gasteiger partial charge in [0, 0.05) is 41.8 Å². The van der Waals surface area contributed by atoms with Gasteiger partial charge in [-0.1, -0.05) is 85.8 Å². The number of aliphatic hydroxyl groups excluding tert-OH is 4. The van der Waals surface area contributed by atoms with Gasteiger partial charge >= 0.3 is 12.1 Å². The highest BCUT2D eigenvalue weighted by Crippen LogP contribution is 2.47. The van der Waals surface area contributed by atoms with Crippen molar-refractivity contribution in [2.24, 2.45) is 0 Å². The number of pyridine rings is 2. The summed E-state index contributed by atoms with van der Waals surface area (Å²) < 4.78 is 38.7. The summed E-state index contributed by atoms with van der Waals surface area (Å²) in [6.45, 7) is -3.02. The molecule has 0 bridgehead atoms. The standard InChI is InChI=1S/C68H73FN10O19/c1-2-68(94)43-23-49-59-40(28-79(49)65(91)42(43)31-96-66(68)92)58-45(18-16-39-44(69)17-19-46(77-59)57(39)58)75-56(85)32-95-33-74-54(83)26-73-64(90)48(22-34-10-4-3-5-11-34)76-55(84)27-71-53(82)25-72-63(89)47(20-21-52(81)70-24-50-60(86)62(88)61(87)51(29-80)98-50)78-67(93)97-30-41-37-14-8-6-12-35(37)36-13-7-9-15-38(36)41/h3-15,17,19,23,41,45,47-48,50-51,60-62,80,86-88,94H,2,16,18,20-22,24-33H2,1H3,(H,70,81)(H,71,82)(H,72,89)(H,73,90)(H,74,83)(H,75,85)(H,76,84)(H,78,93)/t45-,47-,48-,50-,51+,60-,61+,62+,68-/m0/s1. The molecule has 6 aromatic rings. The summed E-state index contributed by atoms with van der Waals surface area (Å²) in [4.78, 5) is 139. The van der Waals surface area contributed by atoms with Crippen LogP contribution in [0.4, 0.5) is 9.18 Å². The van der Waals surface area contributed by atoms with Crippen LogP contribution < -0.4 is 48.1 Å². The van der Waals surface area contributed by atoms with E-state index in [1.54, 1.807) is 43.3 Å². The Balaban J connectivity index is 0.653. The van der Waals surface area contributed by atoms with Crippen LogP contribution in [0.15, 0.2) is 102 Å². The van der Waals surface area contributed by atoms with Crippen molar-refractivity contribution in [1.29, 1.82) is 0 Å². The third-order valence-electron chi connectivity index (χ3n) is 18.2. The maximum absolute atomic E-state index is 15.4. The molecule has 3 aliphatic heterocycles. The summed E-state index contributed by atoms with van der Waals surface area (Å²) in [6, 6.07) is 24.7. The normalized spacial score (nSPS) is 20.7. The number of carbonyl (C=O) groups excluding carboxylic acids is 9. The Kier molecular flexibility index (Phi) is 21.3. The second-order valence-electron chi connectivity index (χ2n) is 24.4. The zero-order chi connectivity index (χ0) is 69.5. The van der Waals surface area contributed by atoms with E-state index in [4.69, 9.17) is 23.9 Å². The van der Waals surface area contributed by atoms with Crippen molar-refractivity contribution in [2.45, 2.75) is 119 Å². The number of carbonyl (C=O) groups is 9. The third kappa shape index (κ3) is 14.8. The van der Waals surface area contributed by atoms with Crippen LogP contribution in [0.1, 0.15) is 89.1 Å². The van der Waals surface area contributed by atoms with Crippen molar-refractivity contribution in [1.82, 2.24) is 52.1 Å². The Bertz CT molecular complexity index is 4130. The quantitative estimate of drug-likeness (QED) is 0.0178. The molecule has 98 heavy (non-hydrogen) atoms. The molecule has 8 amide bonds.